The van der Waals surface area contributed by atoms with Crippen LogP contribution in [0.5, 0.6) is 0 Å². The van der Waals surface area contributed by atoms with Crippen molar-refractivity contribution in [1.29, 1.82) is 0 Å². The molecule has 0 saturated carbocycles. The van der Waals surface area contributed by atoms with Crippen molar-refractivity contribution in [3.8, 4) is 0 Å². The van der Waals surface area contributed by atoms with Gasteiger partial charge < -0.3 is 10.1 Å². The normalized spacial score (nSPS) is 20.7. The van der Waals surface area contributed by atoms with Gasteiger partial charge >= 0.3 is 0 Å². The number of hydrogen-bond acceptors (Lipinski definition) is 2. The molecule has 1 aromatic carbocycles. The Morgan fingerprint density at radius 1 is 1.40 bits per heavy atom. The molecular formula is C12H16ClNO. The highest BCUT2D eigenvalue weighted by atomic mass is 35.5. The Bertz CT molecular complexity index is 310. The molecule has 0 amide bonds. The maximum atomic E-state index is 6.07. The summed E-state index contributed by atoms with van der Waals surface area (Å²) in [5.41, 5.74) is 1.21. The Morgan fingerprint density at radius 2 is 2.27 bits per heavy atom. The average molecular weight is 226 g/mol. The molecule has 0 bridgehead atoms. The molecule has 0 aromatic heterocycles. The average Bonchev–Trinajstić information content (AvgIpc) is 2.74. The van der Waals surface area contributed by atoms with E-state index >= 15 is 0 Å². The van der Waals surface area contributed by atoms with E-state index in [0.717, 1.165) is 37.6 Å². The zero-order valence-corrected chi connectivity index (χ0v) is 9.46. The molecule has 1 aromatic rings. The topological polar surface area (TPSA) is 21.3 Å². The molecule has 1 fully saturated rings. The first-order chi connectivity index (χ1) is 7.36. The molecule has 1 N–H and O–H groups in total. The first-order valence-corrected chi connectivity index (χ1v) is 5.78. The monoisotopic (exact) mass is 225 g/mol. The molecule has 1 heterocycles. The summed E-state index contributed by atoms with van der Waals surface area (Å²) >= 11 is 6.07. The number of hydrogen-bond donors (Lipinski definition) is 1. The second kappa shape index (κ2) is 5.50. The standard InChI is InChI=1S/C12H16ClNO/c13-12-4-2-1-3-10(12)5-7-14-11-6-8-15-9-11/h1-4,11,14H,5-9H2. The fraction of sp³-hybridized carbons (Fsp3) is 0.500. The molecule has 2 rings (SSSR count). The Morgan fingerprint density at radius 3 is 3.00 bits per heavy atom. The van der Waals surface area contributed by atoms with Crippen LogP contribution in [-0.4, -0.2) is 25.8 Å². The summed E-state index contributed by atoms with van der Waals surface area (Å²) in [5.74, 6) is 0. The van der Waals surface area contributed by atoms with Crippen LogP contribution in [0.4, 0.5) is 0 Å². The lowest BCUT2D eigenvalue weighted by atomic mass is 10.1. The van der Waals surface area contributed by atoms with Crippen LogP contribution in [0.15, 0.2) is 24.3 Å². The predicted molar refractivity (Wildman–Crippen MR) is 62.4 cm³/mol. The second-order valence-corrected chi connectivity index (χ2v) is 4.26. The van der Waals surface area contributed by atoms with E-state index in [2.05, 4.69) is 11.4 Å². The number of halogens is 1. The highest BCUT2D eigenvalue weighted by Crippen LogP contribution is 2.15. The molecule has 3 heteroatoms. The Labute approximate surface area is 95.6 Å². The van der Waals surface area contributed by atoms with Crippen molar-refractivity contribution < 1.29 is 4.74 Å². The molecule has 1 atom stereocenters. The van der Waals surface area contributed by atoms with Crippen LogP contribution in [-0.2, 0) is 11.2 Å². The minimum absolute atomic E-state index is 0.535. The maximum Gasteiger partial charge on any atom is 0.0620 e. The first-order valence-electron chi connectivity index (χ1n) is 5.41. The van der Waals surface area contributed by atoms with E-state index in [9.17, 15) is 0 Å². The molecule has 0 radical (unpaired) electrons. The molecule has 15 heavy (non-hydrogen) atoms. The number of ether oxygens (including phenoxy) is 1. The number of rotatable bonds is 4. The zero-order chi connectivity index (χ0) is 10.5. The first kappa shape index (κ1) is 10.9. The third-order valence-corrected chi connectivity index (χ3v) is 3.08. The molecule has 2 nitrogen and oxygen atoms in total. The van der Waals surface area contributed by atoms with Gasteiger partial charge in [0.05, 0.1) is 6.61 Å². The third kappa shape index (κ3) is 3.20. The second-order valence-electron chi connectivity index (χ2n) is 3.86. The van der Waals surface area contributed by atoms with Crippen molar-refractivity contribution in [2.24, 2.45) is 0 Å². The summed E-state index contributed by atoms with van der Waals surface area (Å²) in [5, 5.41) is 4.34. The number of nitrogens with one attached hydrogen (secondary N) is 1. The lowest BCUT2D eigenvalue weighted by Gasteiger charge is -2.10. The Hall–Kier alpha value is -0.570. The van der Waals surface area contributed by atoms with Gasteiger partial charge in [0.15, 0.2) is 0 Å². The summed E-state index contributed by atoms with van der Waals surface area (Å²) in [7, 11) is 0. The van der Waals surface area contributed by atoms with Crippen LogP contribution in [0, 0.1) is 0 Å². The van der Waals surface area contributed by atoms with Crippen molar-refractivity contribution in [2.75, 3.05) is 19.8 Å². The van der Waals surface area contributed by atoms with Crippen molar-refractivity contribution >= 4 is 11.6 Å². The third-order valence-electron chi connectivity index (χ3n) is 2.71. The Balaban J connectivity index is 1.75. The van der Waals surface area contributed by atoms with Gasteiger partial charge in [-0.05, 0) is 31.0 Å². The smallest absolute Gasteiger partial charge is 0.0620 e. The minimum atomic E-state index is 0.535. The highest BCUT2D eigenvalue weighted by Gasteiger charge is 2.14. The van der Waals surface area contributed by atoms with Gasteiger partial charge in [-0.15, -0.1) is 0 Å². The van der Waals surface area contributed by atoms with E-state index in [1.807, 2.05) is 18.2 Å². The van der Waals surface area contributed by atoms with E-state index in [1.165, 1.54) is 5.56 Å². The fourth-order valence-electron chi connectivity index (χ4n) is 1.81. The lowest BCUT2D eigenvalue weighted by Crippen LogP contribution is -2.30. The molecule has 82 valence electrons. The summed E-state index contributed by atoms with van der Waals surface area (Å²) in [4.78, 5) is 0. The largest absolute Gasteiger partial charge is 0.380 e. The van der Waals surface area contributed by atoms with E-state index < -0.39 is 0 Å². The van der Waals surface area contributed by atoms with Crippen LogP contribution in [0.25, 0.3) is 0 Å². The van der Waals surface area contributed by atoms with Crippen LogP contribution in [0.1, 0.15) is 12.0 Å². The van der Waals surface area contributed by atoms with E-state index in [-0.39, 0.29) is 0 Å². The van der Waals surface area contributed by atoms with Crippen molar-refractivity contribution in [1.82, 2.24) is 5.32 Å². The van der Waals surface area contributed by atoms with Crippen LogP contribution < -0.4 is 5.32 Å². The van der Waals surface area contributed by atoms with Gasteiger partial charge in [-0.3, -0.25) is 0 Å². The van der Waals surface area contributed by atoms with Crippen molar-refractivity contribution in [3.05, 3.63) is 34.9 Å². The lowest BCUT2D eigenvalue weighted by molar-refractivity contribution is 0.190. The van der Waals surface area contributed by atoms with Gasteiger partial charge in [0.1, 0.15) is 0 Å². The predicted octanol–water partition coefficient (Wildman–Crippen LogP) is 2.26. The molecule has 1 unspecified atom stereocenters. The molecule has 0 spiro atoms. The summed E-state index contributed by atoms with van der Waals surface area (Å²) in [6, 6.07) is 8.54. The van der Waals surface area contributed by atoms with Gasteiger partial charge in [-0.25, -0.2) is 0 Å². The molecule has 1 saturated heterocycles. The molecule has 0 aliphatic carbocycles. The van der Waals surface area contributed by atoms with Crippen LogP contribution in [0.3, 0.4) is 0 Å². The molecular weight excluding hydrogens is 210 g/mol. The summed E-state index contributed by atoms with van der Waals surface area (Å²) < 4.78 is 5.30. The van der Waals surface area contributed by atoms with Crippen molar-refractivity contribution in [3.63, 3.8) is 0 Å². The quantitative estimate of drug-likeness (QED) is 0.849. The van der Waals surface area contributed by atoms with Crippen LogP contribution in [0.2, 0.25) is 5.02 Å². The van der Waals surface area contributed by atoms with Gasteiger partial charge in [-0.2, -0.15) is 0 Å². The van der Waals surface area contributed by atoms with Gasteiger partial charge in [0.2, 0.25) is 0 Å². The van der Waals surface area contributed by atoms with Gasteiger partial charge in [-0.1, -0.05) is 29.8 Å². The van der Waals surface area contributed by atoms with Gasteiger partial charge in [0.25, 0.3) is 0 Å². The highest BCUT2D eigenvalue weighted by molar-refractivity contribution is 6.31. The molecule has 1 aliphatic rings. The van der Waals surface area contributed by atoms with E-state index in [4.69, 9.17) is 16.3 Å². The maximum absolute atomic E-state index is 6.07. The number of benzene rings is 1. The Kier molecular flexibility index (Phi) is 4.01. The van der Waals surface area contributed by atoms with E-state index in [0.29, 0.717) is 6.04 Å². The van der Waals surface area contributed by atoms with Crippen molar-refractivity contribution in [2.45, 2.75) is 18.9 Å². The summed E-state index contributed by atoms with van der Waals surface area (Å²) in [6.45, 7) is 2.71. The summed E-state index contributed by atoms with van der Waals surface area (Å²) in [6.07, 6.45) is 2.11. The minimum Gasteiger partial charge on any atom is -0.380 e. The van der Waals surface area contributed by atoms with Crippen LogP contribution >= 0.6 is 11.6 Å². The van der Waals surface area contributed by atoms with E-state index in [1.54, 1.807) is 0 Å². The molecule has 1 aliphatic heterocycles. The SMILES string of the molecule is Clc1ccccc1CCNC1CCOC1. The van der Waals surface area contributed by atoms with Gasteiger partial charge in [0, 0.05) is 17.7 Å². The fourth-order valence-corrected chi connectivity index (χ4v) is 2.04. The zero-order valence-electron chi connectivity index (χ0n) is 8.71.